The van der Waals surface area contributed by atoms with Crippen LogP contribution in [0.5, 0.6) is 5.75 Å². The van der Waals surface area contributed by atoms with Gasteiger partial charge in [-0.3, -0.25) is 0 Å². The van der Waals surface area contributed by atoms with Gasteiger partial charge >= 0.3 is 0 Å². The van der Waals surface area contributed by atoms with Crippen molar-refractivity contribution in [3.63, 3.8) is 0 Å². The predicted molar refractivity (Wildman–Crippen MR) is 74.5 cm³/mol. The molecule has 17 heavy (non-hydrogen) atoms. The van der Waals surface area contributed by atoms with Crippen molar-refractivity contribution in [3.8, 4) is 5.75 Å². The van der Waals surface area contributed by atoms with Crippen LogP contribution < -0.4 is 10.1 Å². The summed E-state index contributed by atoms with van der Waals surface area (Å²) in [6, 6.07) is 4.28. The minimum absolute atomic E-state index is 0.806. The Hall–Kier alpha value is -0.800. The standard InChI is InChI=1S/C14H18BrNO/c1-3-10(2)8-16-9-12-7-13(15)6-11-4-5-17-14(11)12/h6-7,16H,2-5,8-9H2,1H3. The summed E-state index contributed by atoms with van der Waals surface area (Å²) in [4.78, 5) is 0. The summed E-state index contributed by atoms with van der Waals surface area (Å²) in [5.74, 6) is 1.07. The van der Waals surface area contributed by atoms with Gasteiger partial charge in [-0.1, -0.05) is 35.0 Å². The molecule has 0 saturated heterocycles. The number of ether oxygens (including phenoxy) is 1. The Morgan fingerprint density at radius 2 is 2.35 bits per heavy atom. The van der Waals surface area contributed by atoms with Crippen LogP contribution in [0.3, 0.4) is 0 Å². The van der Waals surface area contributed by atoms with Gasteiger partial charge in [-0.05, 0) is 24.1 Å². The first-order valence-corrected chi connectivity index (χ1v) is 6.81. The Labute approximate surface area is 111 Å². The van der Waals surface area contributed by atoms with Crippen LogP contribution in [-0.2, 0) is 13.0 Å². The monoisotopic (exact) mass is 295 g/mol. The lowest BCUT2D eigenvalue weighted by Crippen LogP contribution is -2.16. The Morgan fingerprint density at radius 1 is 1.53 bits per heavy atom. The fraction of sp³-hybridized carbons (Fsp3) is 0.429. The zero-order chi connectivity index (χ0) is 12.3. The molecule has 3 heteroatoms. The molecule has 1 aromatic carbocycles. The maximum atomic E-state index is 5.69. The van der Waals surface area contributed by atoms with Gasteiger partial charge in [-0.15, -0.1) is 0 Å². The molecule has 0 bridgehead atoms. The van der Waals surface area contributed by atoms with E-state index in [9.17, 15) is 0 Å². The van der Waals surface area contributed by atoms with Crippen LogP contribution in [-0.4, -0.2) is 13.2 Å². The van der Waals surface area contributed by atoms with E-state index in [4.69, 9.17) is 4.74 Å². The zero-order valence-electron chi connectivity index (χ0n) is 10.2. The van der Waals surface area contributed by atoms with Gasteiger partial charge in [0.25, 0.3) is 0 Å². The molecule has 1 aromatic rings. The minimum Gasteiger partial charge on any atom is -0.493 e. The third-order valence-corrected chi connectivity index (χ3v) is 3.47. The summed E-state index contributed by atoms with van der Waals surface area (Å²) in [6.45, 7) is 8.63. The molecule has 2 nitrogen and oxygen atoms in total. The van der Waals surface area contributed by atoms with Gasteiger partial charge in [-0.25, -0.2) is 0 Å². The summed E-state index contributed by atoms with van der Waals surface area (Å²) in [5, 5.41) is 3.41. The van der Waals surface area contributed by atoms with E-state index >= 15 is 0 Å². The highest BCUT2D eigenvalue weighted by Crippen LogP contribution is 2.32. The van der Waals surface area contributed by atoms with Crippen LogP contribution in [0.15, 0.2) is 28.8 Å². The van der Waals surface area contributed by atoms with Crippen LogP contribution in [0.2, 0.25) is 0 Å². The number of benzene rings is 1. The highest BCUT2D eigenvalue weighted by atomic mass is 79.9. The number of rotatable bonds is 5. The highest BCUT2D eigenvalue weighted by molar-refractivity contribution is 9.10. The van der Waals surface area contributed by atoms with Crippen molar-refractivity contribution >= 4 is 15.9 Å². The molecule has 0 fully saturated rings. The highest BCUT2D eigenvalue weighted by Gasteiger charge is 2.16. The Balaban J connectivity index is 2.03. The van der Waals surface area contributed by atoms with E-state index < -0.39 is 0 Å². The van der Waals surface area contributed by atoms with Crippen LogP contribution in [0, 0.1) is 0 Å². The molecule has 0 aromatic heterocycles. The number of fused-ring (bicyclic) bond motifs is 1. The first kappa shape index (κ1) is 12.7. The predicted octanol–water partition coefficient (Wildman–Crippen LogP) is 3.44. The molecule has 0 atom stereocenters. The molecule has 1 aliphatic heterocycles. The van der Waals surface area contributed by atoms with Crippen LogP contribution in [0.1, 0.15) is 24.5 Å². The molecule has 0 aliphatic carbocycles. The number of nitrogens with one attached hydrogen (secondary N) is 1. The molecule has 1 aliphatic rings. The van der Waals surface area contributed by atoms with Crippen LogP contribution in [0.25, 0.3) is 0 Å². The lowest BCUT2D eigenvalue weighted by molar-refractivity contribution is 0.352. The van der Waals surface area contributed by atoms with E-state index in [0.717, 1.165) is 42.8 Å². The molecule has 0 unspecified atom stereocenters. The zero-order valence-corrected chi connectivity index (χ0v) is 11.8. The first-order chi connectivity index (χ1) is 8.20. The van der Waals surface area contributed by atoms with Gasteiger partial charge in [0.15, 0.2) is 0 Å². The van der Waals surface area contributed by atoms with E-state index in [-0.39, 0.29) is 0 Å². The maximum Gasteiger partial charge on any atom is 0.127 e. The van der Waals surface area contributed by atoms with Crippen molar-refractivity contribution < 1.29 is 4.74 Å². The number of hydrogen-bond donors (Lipinski definition) is 1. The van der Waals surface area contributed by atoms with Crippen molar-refractivity contribution in [2.75, 3.05) is 13.2 Å². The maximum absolute atomic E-state index is 5.69. The third-order valence-electron chi connectivity index (χ3n) is 3.02. The Kier molecular flexibility index (Phi) is 4.24. The molecular formula is C14H18BrNO. The largest absolute Gasteiger partial charge is 0.493 e. The van der Waals surface area contributed by atoms with E-state index in [0.29, 0.717) is 0 Å². The molecule has 1 heterocycles. The SMILES string of the molecule is C=C(CC)CNCc1cc(Br)cc2c1OCC2. The van der Waals surface area contributed by atoms with Gasteiger partial charge in [0.05, 0.1) is 6.61 Å². The second-order valence-electron chi connectivity index (χ2n) is 4.36. The normalized spacial score (nSPS) is 13.3. The quantitative estimate of drug-likeness (QED) is 0.840. The fourth-order valence-corrected chi connectivity index (χ4v) is 2.53. The Bertz CT molecular complexity index is 428. The second-order valence-corrected chi connectivity index (χ2v) is 5.27. The van der Waals surface area contributed by atoms with Gasteiger partial charge in [0.2, 0.25) is 0 Å². The molecule has 92 valence electrons. The lowest BCUT2D eigenvalue weighted by atomic mass is 10.1. The molecule has 1 N–H and O–H groups in total. The third kappa shape index (κ3) is 3.11. The molecule has 0 saturated carbocycles. The molecule has 0 spiro atoms. The molecular weight excluding hydrogens is 278 g/mol. The lowest BCUT2D eigenvalue weighted by Gasteiger charge is -2.10. The summed E-state index contributed by atoms with van der Waals surface area (Å²) in [6.07, 6.45) is 2.05. The van der Waals surface area contributed by atoms with Crippen molar-refractivity contribution in [2.45, 2.75) is 26.3 Å². The Morgan fingerprint density at radius 3 is 3.12 bits per heavy atom. The smallest absolute Gasteiger partial charge is 0.127 e. The van der Waals surface area contributed by atoms with E-state index in [1.54, 1.807) is 0 Å². The molecule has 0 amide bonds. The second kappa shape index (κ2) is 5.69. The number of hydrogen-bond acceptors (Lipinski definition) is 2. The van der Waals surface area contributed by atoms with Gasteiger partial charge < -0.3 is 10.1 Å². The summed E-state index contributed by atoms with van der Waals surface area (Å²) < 4.78 is 6.82. The molecule has 2 rings (SSSR count). The number of halogens is 1. The average Bonchev–Trinajstić information content (AvgIpc) is 2.76. The summed E-state index contributed by atoms with van der Waals surface area (Å²) in [5.41, 5.74) is 3.78. The van der Waals surface area contributed by atoms with Gasteiger partial charge in [0, 0.05) is 29.5 Å². The van der Waals surface area contributed by atoms with E-state index in [1.807, 2.05) is 0 Å². The van der Waals surface area contributed by atoms with E-state index in [1.165, 1.54) is 16.7 Å². The molecule has 0 radical (unpaired) electrons. The van der Waals surface area contributed by atoms with Crippen molar-refractivity contribution in [2.24, 2.45) is 0 Å². The van der Waals surface area contributed by atoms with Gasteiger partial charge in [0.1, 0.15) is 5.75 Å². The average molecular weight is 296 g/mol. The summed E-state index contributed by atoms with van der Waals surface area (Å²) in [7, 11) is 0. The topological polar surface area (TPSA) is 21.3 Å². The first-order valence-electron chi connectivity index (χ1n) is 6.02. The van der Waals surface area contributed by atoms with Crippen LogP contribution in [0.4, 0.5) is 0 Å². The van der Waals surface area contributed by atoms with Crippen molar-refractivity contribution in [1.82, 2.24) is 5.32 Å². The van der Waals surface area contributed by atoms with Crippen LogP contribution >= 0.6 is 15.9 Å². The van der Waals surface area contributed by atoms with Crippen molar-refractivity contribution in [3.05, 3.63) is 39.9 Å². The van der Waals surface area contributed by atoms with Gasteiger partial charge in [-0.2, -0.15) is 0 Å². The van der Waals surface area contributed by atoms with Crippen molar-refractivity contribution in [1.29, 1.82) is 0 Å². The summed E-state index contributed by atoms with van der Waals surface area (Å²) >= 11 is 3.55. The fourth-order valence-electron chi connectivity index (χ4n) is 1.98. The minimum atomic E-state index is 0.806. The van der Waals surface area contributed by atoms with E-state index in [2.05, 4.69) is 46.9 Å².